The first-order chi connectivity index (χ1) is 12.4. The van der Waals surface area contributed by atoms with Crippen molar-refractivity contribution in [1.29, 1.82) is 0 Å². The minimum Gasteiger partial charge on any atom is -0.243 e. The highest BCUT2D eigenvalue weighted by atomic mass is 35.5. The first-order valence-electron chi connectivity index (χ1n) is 8.16. The molecule has 0 unspecified atom stereocenters. The van der Waals surface area contributed by atoms with Crippen LogP contribution in [-0.4, -0.2) is 24.3 Å². The van der Waals surface area contributed by atoms with Gasteiger partial charge in [0.1, 0.15) is 10.0 Å². The zero-order valence-corrected chi connectivity index (χ0v) is 16.7. The van der Waals surface area contributed by atoms with Crippen LogP contribution in [0.25, 0.3) is 0 Å². The Labute approximate surface area is 163 Å². The molecule has 0 aliphatic carbocycles. The highest BCUT2D eigenvalue weighted by Crippen LogP contribution is 2.23. The number of benzene rings is 1. The number of nitrogens with zero attached hydrogens (tertiary/aromatic N) is 2. The van der Waals surface area contributed by atoms with Gasteiger partial charge in [-0.2, -0.15) is 4.31 Å². The van der Waals surface area contributed by atoms with Crippen molar-refractivity contribution in [2.24, 2.45) is 0 Å². The Bertz CT molecular complexity index is 955. The van der Waals surface area contributed by atoms with E-state index in [-0.39, 0.29) is 10.0 Å². The molecule has 3 rings (SSSR count). The van der Waals surface area contributed by atoms with E-state index in [1.54, 1.807) is 11.3 Å². The number of thiophene rings is 1. The van der Waals surface area contributed by atoms with Crippen LogP contribution in [0.3, 0.4) is 0 Å². The second-order valence-corrected chi connectivity index (χ2v) is 9.60. The van der Waals surface area contributed by atoms with E-state index in [9.17, 15) is 8.42 Å². The largest absolute Gasteiger partial charge is 0.244 e. The Hall–Kier alpha value is -1.73. The van der Waals surface area contributed by atoms with Crippen molar-refractivity contribution >= 4 is 33.0 Å². The second-order valence-electron chi connectivity index (χ2n) is 5.90. The molecule has 2 aromatic heterocycles. The van der Waals surface area contributed by atoms with Gasteiger partial charge in [-0.1, -0.05) is 41.9 Å². The zero-order valence-electron chi connectivity index (χ0n) is 14.3. The Balaban J connectivity index is 1.86. The lowest BCUT2D eigenvalue weighted by Crippen LogP contribution is -2.32. The molecule has 0 saturated heterocycles. The van der Waals surface area contributed by atoms with E-state index < -0.39 is 10.0 Å². The third-order valence-corrected chi connectivity index (χ3v) is 7.00. The number of sulfonamides is 1. The molecule has 0 spiro atoms. The average molecular weight is 407 g/mol. The monoisotopic (exact) mass is 406 g/mol. The Morgan fingerprint density at radius 2 is 1.85 bits per heavy atom. The molecule has 4 nitrogen and oxygen atoms in total. The molecule has 0 bridgehead atoms. The van der Waals surface area contributed by atoms with Gasteiger partial charge in [-0.25, -0.2) is 13.4 Å². The first kappa shape index (κ1) is 19.0. The van der Waals surface area contributed by atoms with E-state index >= 15 is 0 Å². The maximum Gasteiger partial charge on any atom is 0.244 e. The quantitative estimate of drug-likeness (QED) is 0.541. The highest BCUT2D eigenvalue weighted by molar-refractivity contribution is 7.89. The number of pyridine rings is 1. The van der Waals surface area contributed by atoms with Crippen molar-refractivity contribution in [3.63, 3.8) is 0 Å². The van der Waals surface area contributed by atoms with Crippen LogP contribution in [0, 0.1) is 6.92 Å². The molecule has 0 aliphatic heterocycles. The summed E-state index contributed by atoms with van der Waals surface area (Å²) in [5, 5.41) is 0.272. The van der Waals surface area contributed by atoms with Gasteiger partial charge in [-0.05, 0) is 43.2 Å². The molecule has 3 aromatic rings. The van der Waals surface area contributed by atoms with Gasteiger partial charge < -0.3 is 0 Å². The van der Waals surface area contributed by atoms with E-state index in [0.29, 0.717) is 19.5 Å². The Morgan fingerprint density at radius 3 is 2.46 bits per heavy atom. The van der Waals surface area contributed by atoms with Crippen molar-refractivity contribution in [3.05, 3.63) is 81.3 Å². The van der Waals surface area contributed by atoms with Gasteiger partial charge in [-0.15, -0.1) is 11.3 Å². The fourth-order valence-corrected chi connectivity index (χ4v) is 5.05. The van der Waals surface area contributed by atoms with Gasteiger partial charge in [0.15, 0.2) is 0 Å². The van der Waals surface area contributed by atoms with Crippen molar-refractivity contribution in [2.45, 2.75) is 24.8 Å². The number of halogens is 1. The van der Waals surface area contributed by atoms with Gasteiger partial charge in [-0.3, -0.25) is 0 Å². The van der Waals surface area contributed by atoms with E-state index in [0.717, 1.165) is 15.3 Å². The second kappa shape index (κ2) is 8.31. The van der Waals surface area contributed by atoms with Crippen molar-refractivity contribution < 1.29 is 8.42 Å². The van der Waals surface area contributed by atoms with Crippen molar-refractivity contribution in [3.8, 4) is 0 Å². The van der Waals surface area contributed by atoms with Crippen molar-refractivity contribution in [2.75, 3.05) is 6.54 Å². The third kappa shape index (κ3) is 4.71. The van der Waals surface area contributed by atoms with Gasteiger partial charge in [0.2, 0.25) is 10.0 Å². The molecule has 0 amide bonds. The fourth-order valence-electron chi connectivity index (χ4n) is 2.59. The van der Waals surface area contributed by atoms with Gasteiger partial charge >= 0.3 is 0 Å². The molecule has 7 heteroatoms. The van der Waals surface area contributed by atoms with E-state index in [2.05, 4.69) is 4.98 Å². The summed E-state index contributed by atoms with van der Waals surface area (Å²) in [6.07, 6.45) is 1.96. The lowest BCUT2D eigenvalue weighted by Gasteiger charge is -2.21. The summed E-state index contributed by atoms with van der Waals surface area (Å²) in [4.78, 5) is 6.25. The molecule has 0 radical (unpaired) electrons. The highest BCUT2D eigenvalue weighted by Gasteiger charge is 2.25. The topological polar surface area (TPSA) is 50.3 Å². The Morgan fingerprint density at radius 1 is 1.08 bits per heavy atom. The van der Waals surface area contributed by atoms with Crippen LogP contribution in [0.4, 0.5) is 0 Å². The minimum absolute atomic E-state index is 0.156. The molecule has 136 valence electrons. The minimum atomic E-state index is -3.66. The number of hydrogen-bond donors (Lipinski definition) is 0. The maximum absolute atomic E-state index is 13.1. The number of hydrogen-bond acceptors (Lipinski definition) is 4. The molecule has 0 N–H and O–H groups in total. The van der Waals surface area contributed by atoms with Gasteiger partial charge in [0.25, 0.3) is 0 Å². The third-order valence-electron chi connectivity index (χ3n) is 3.96. The predicted molar refractivity (Wildman–Crippen MR) is 106 cm³/mol. The molecular formula is C19H19ClN2O2S2. The molecule has 0 fully saturated rings. The molecular weight excluding hydrogens is 388 g/mol. The SMILES string of the molecule is Cc1ccc(CN(CCc2ccccc2)S(=O)(=O)c2ccc(Cl)nc2)s1. The summed E-state index contributed by atoms with van der Waals surface area (Å²) in [5.74, 6) is 0. The molecule has 0 atom stereocenters. The molecule has 1 aromatic carbocycles. The molecule has 26 heavy (non-hydrogen) atoms. The lowest BCUT2D eigenvalue weighted by molar-refractivity contribution is 0.412. The summed E-state index contributed by atoms with van der Waals surface area (Å²) in [6.45, 7) is 2.75. The fraction of sp³-hybridized carbons (Fsp3) is 0.211. The zero-order chi connectivity index (χ0) is 18.6. The molecule has 2 heterocycles. The first-order valence-corrected chi connectivity index (χ1v) is 10.8. The lowest BCUT2D eigenvalue weighted by atomic mass is 10.1. The number of aromatic nitrogens is 1. The van der Waals surface area contributed by atoms with Gasteiger partial charge in [0.05, 0.1) is 0 Å². The standard InChI is InChI=1S/C19H19ClN2O2S2/c1-15-7-8-17(25-15)14-22(12-11-16-5-3-2-4-6-16)26(23,24)18-9-10-19(20)21-13-18/h2-10,13H,11-12,14H2,1H3. The number of aryl methyl sites for hydroxylation is 1. The van der Waals surface area contributed by atoms with Crippen molar-refractivity contribution in [1.82, 2.24) is 9.29 Å². The molecule has 0 aliphatic rings. The van der Waals surface area contributed by atoms with Crippen LogP contribution in [0.2, 0.25) is 5.15 Å². The summed E-state index contributed by atoms with van der Waals surface area (Å²) in [6, 6.07) is 16.9. The summed E-state index contributed by atoms with van der Waals surface area (Å²) < 4.78 is 27.8. The van der Waals surface area contributed by atoms with Crippen LogP contribution in [0.15, 0.2) is 65.7 Å². The summed E-state index contributed by atoms with van der Waals surface area (Å²) >= 11 is 7.41. The van der Waals surface area contributed by atoms with E-state index in [4.69, 9.17) is 11.6 Å². The van der Waals surface area contributed by atoms with Crippen LogP contribution in [0.5, 0.6) is 0 Å². The Kier molecular flexibility index (Phi) is 6.09. The van der Waals surface area contributed by atoms with E-state index in [1.807, 2.05) is 49.4 Å². The molecule has 0 saturated carbocycles. The predicted octanol–water partition coefficient (Wildman–Crippen LogP) is 4.54. The number of rotatable bonds is 7. The van der Waals surface area contributed by atoms with Crippen LogP contribution < -0.4 is 0 Å². The van der Waals surface area contributed by atoms with Crippen LogP contribution in [-0.2, 0) is 23.0 Å². The maximum atomic E-state index is 13.1. The van der Waals surface area contributed by atoms with Crippen LogP contribution >= 0.6 is 22.9 Å². The normalized spacial score (nSPS) is 11.8. The average Bonchev–Trinajstić information content (AvgIpc) is 3.04. The van der Waals surface area contributed by atoms with Gasteiger partial charge in [0, 0.05) is 29.0 Å². The summed E-state index contributed by atoms with van der Waals surface area (Å²) in [5.41, 5.74) is 1.10. The van der Waals surface area contributed by atoms with E-state index in [1.165, 1.54) is 22.6 Å². The smallest absolute Gasteiger partial charge is 0.243 e. The summed E-state index contributed by atoms with van der Waals surface area (Å²) in [7, 11) is -3.66. The van der Waals surface area contributed by atoms with Crippen LogP contribution in [0.1, 0.15) is 15.3 Å².